The maximum atomic E-state index is 5.94. The van der Waals surface area contributed by atoms with Crippen LogP contribution in [0.5, 0.6) is 0 Å². The molecule has 0 aromatic carbocycles. The van der Waals surface area contributed by atoms with Crippen molar-refractivity contribution in [2.24, 2.45) is 0 Å². The van der Waals surface area contributed by atoms with Gasteiger partial charge in [-0.3, -0.25) is 0 Å². The average Bonchev–Trinajstić information content (AvgIpc) is 2.65. The zero-order valence-electron chi connectivity index (χ0n) is 9.70. The van der Waals surface area contributed by atoms with E-state index in [0.717, 1.165) is 23.8 Å². The van der Waals surface area contributed by atoms with E-state index in [1.807, 2.05) is 6.07 Å². The molecule has 4 heteroatoms. The van der Waals surface area contributed by atoms with Gasteiger partial charge in [0, 0.05) is 23.6 Å². The van der Waals surface area contributed by atoms with E-state index in [4.69, 9.17) is 16.3 Å². The van der Waals surface area contributed by atoms with Gasteiger partial charge in [-0.15, -0.1) is 11.3 Å². The first kappa shape index (κ1) is 12.4. The Hall–Kier alpha value is -0.0900. The summed E-state index contributed by atoms with van der Waals surface area (Å²) < 4.78 is 6.41. The molecule has 1 aliphatic heterocycles. The first-order valence-electron chi connectivity index (χ1n) is 5.78. The van der Waals surface area contributed by atoms with Gasteiger partial charge in [0.2, 0.25) is 0 Å². The molecule has 0 spiro atoms. The molecule has 2 heterocycles. The second kappa shape index (κ2) is 5.50. The first-order valence-corrected chi connectivity index (χ1v) is 6.97. The minimum atomic E-state index is 0.380. The molecule has 1 fully saturated rings. The molecule has 0 radical (unpaired) electrons. The summed E-state index contributed by atoms with van der Waals surface area (Å²) in [6, 6.07) is 5.02. The molecule has 0 aliphatic carbocycles. The number of thiophene rings is 1. The van der Waals surface area contributed by atoms with Gasteiger partial charge < -0.3 is 10.1 Å². The largest absolute Gasteiger partial charge is 0.378 e. The molecule has 3 unspecified atom stereocenters. The molecule has 16 heavy (non-hydrogen) atoms. The maximum Gasteiger partial charge on any atom is 0.0931 e. The Morgan fingerprint density at radius 2 is 2.38 bits per heavy atom. The van der Waals surface area contributed by atoms with Crippen LogP contribution in [0.15, 0.2) is 12.1 Å². The molecular weight excluding hydrogens is 242 g/mol. The van der Waals surface area contributed by atoms with Gasteiger partial charge in [0.05, 0.1) is 10.4 Å². The summed E-state index contributed by atoms with van der Waals surface area (Å²) >= 11 is 7.60. The lowest BCUT2D eigenvalue weighted by Gasteiger charge is -2.30. The molecule has 2 rings (SSSR count). The van der Waals surface area contributed by atoms with E-state index in [1.54, 1.807) is 11.3 Å². The van der Waals surface area contributed by atoms with E-state index in [1.165, 1.54) is 4.88 Å². The van der Waals surface area contributed by atoms with Crippen LogP contribution in [0, 0.1) is 0 Å². The van der Waals surface area contributed by atoms with Gasteiger partial charge in [0.1, 0.15) is 0 Å². The highest BCUT2D eigenvalue weighted by Gasteiger charge is 2.21. The number of ether oxygens (including phenoxy) is 1. The number of halogens is 1. The molecule has 0 saturated carbocycles. The van der Waals surface area contributed by atoms with Crippen LogP contribution in [-0.4, -0.2) is 18.8 Å². The molecule has 2 nitrogen and oxygen atoms in total. The molecule has 1 aromatic heterocycles. The Kier molecular flexibility index (Phi) is 4.25. The lowest BCUT2D eigenvalue weighted by atomic mass is 10.0. The predicted octanol–water partition coefficient (Wildman–Crippen LogP) is 3.62. The molecule has 0 bridgehead atoms. The second-order valence-electron chi connectivity index (χ2n) is 4.43. The van der Waals surface area contributed by atoms with Crippen molar-refractivity contribution in [1.82, 2.24) is 5.32 Å². The normalized spacial score (nSPS) is 27.9. The van der Waals surface area contributed by atoms with Gasteiger partial charge in [0.15, 0.2) is 0 Å². The quantitative estimate of drug-likeness (QED) is 0.895. The molecule has 90 valence electrons. The molecule has 3 atom stereocenters. The van der Waals surface area contributed by atoms with Crippen LogP contribution >= 0.6 is 22.9 Å². The van der Waals surface area contributed by atoms with Crippen LogP contribution < -0.4 is 5.32 Å². The minimum Gasteiger partial charge on any atom is -0.378 e. The Labute approximate surface area is 106 Å². The SMILES string of the molecule is CC1CC(NC(C)c2ccc(Cl)s2)CCO1. The Bertz CT molecular complexity index is 342. The van der Waals surface area contributed by atoms with Crippen LogP contribution in [0.1, 0.15) is 37.6 Å². The number of hydrogen-bond donors (Lipinski definition) is 1. The molecule has 1 aliphatic rings. The fourth-order valence-corrected chi connectivity index (χ4v) is 3.22. The first-order chi connectivity index (χ1) is 7.65. The van der Waals surface area contributed by atoms with Crippen molar-refractivity contribution < 1.29 is 4.74 Å². The van der Waals surface area contributed by atoms with Crippen molar-refractivity contribution in [3.05, 3.63) is 21.3 Å². The standard InChI is InChI=1S/C12H18ClNOS/c1-8-7-10(5-6-15-8)14-9(2)11-3-4-12(13)16-11/h3-4,8-10,14H,5-7H2,1-2H3. The lowest BCUT2D eigenvalue weighted by Crippen LogP contribution is -2.39. The van der Waals surface area contributed by atoms with E-state index in [2.05, 4.69) is 25.2 Å². The van der Waals surface area contributed by atoms with Crippen LogP contribution in [-0.2, 0) is 4.74 Å². The molecular formula is C12H18ClNOS. The summed E-state index contributed by atoms with van der Waals surface area (Å²) in [6.07, 6.45) is 2.59. The topological polar surface area (TPSA) is 21.3 Å². The van der Waals surface area contributed by atoms with E-state index >= 15 is 0 Å². The van der Waals surface area contributed by atoms with Crippen LogP contribution in [0.2, 0.25) is 4.34 Å². The zero-order chi connectivity index (χ0) is 11.5. The van der Waals surface area contributed by atoms with Gasteiger partial charge in [0.25, 0.3) is 0 Å². The highest BCUT2D eigenvalue weighted by atomic mass is 35.5. The fourth-order valence-electron chi connectivity index (χ4n) is 2.15. The van der Waals surface area contributed by atoms with Gasteiger partial charge in [-0.25, -0.2) is 0 Å². The summed E-state index contributed by atoms with van der Waals surface area (Å²) in [5.41, 5.74) is 0. The summed E-state index contributed by atoms with van der Waals surface area (Å²) in [4.78, 5) is 1.31. The monoisotopic (exact) mass is 259 g/mol. The number of rotatable bonds is 3. The van der Waals surface area contributed by atoms with Gasteiger partial charge >= 0.3 is 0 Å². The van der Waals surface area contributed by atoms with E-state index in [0.29, 0.717) is 18.2 Å². The summed E-state index contributed by atoms with van der Waals surface area (Å²) in [5.74, 6) is 0. The number of hydrogen-bond acceptors (Lipinski definition) is 3. The van der Waals surface area contributed by atoms with Gasteiger partial charge in [-0.2, -0.15) is 0 Å². The summed E-state index contributed by atoms with van der Waals surface area (Å²) in [5, 5.41) is 3.65. The van der Waals surface area contributed by atoms with Crippen molar-refractivity contribution in [2.45, 2.75) is 44.9 Å². The summed E-state index contributed by atoms with van der Waals surface area (Å²) in [7, 11) is 0. The Morgan fingerprint density at radius 1 is 1.56 bits per heavy atom. The van der Waals surface area contributed by atoms with Crippen molar-refractivity contribution in [2.75, 3.05) is 6.61 Å². The van der Waals surface area contributed by atoms with Crippen molar-refractivity contribution in [3.8, 4) is 0 Å². The minimum absolute atomic E-state index is 0.380. The van der Waals surface area contributed by atoms with Crippen LogP contribution in [0.3, 0.4) is 0 Å². The van der Waals surface area contributed by atoms with Crippen LogP contribution in [0.25, 0.3) is 0 Å². The zero-order valence-corrected chi connectivity index (χ0v) is 11.3. The molecule has 1 N–H and O–H groups in total. The van der Waals surface area contributed by atoms with Crippen molar-refractivity contribution in [1.29, 1.82) is 0 Å². The third kappa shape index (κ3) is 3.20. The van der Waals surface area contributed by atoms with Gasteiger partial charge in [-0.1, -0.05) is 11.6 Å². The summed E-state index contributed by atoms with van der Waals surface area (Å²) in [6.45, 7) is 5.21. The lowest BCUT2D eigenvalue weighted by molar-refractivity contribution is 0.0116. The average molecular weight is 260 g/mol. The van der Waals surface area contributed by atoms with E-state index in [-0.39, 0.29) is 0 Å². The third-order valence-electron chi connectivity index (χ3n) is 2.99. The van der Waals surface area contributed by atoms with Crippen molar-refractivity contribution >= 4 is 22.9 Å². The highest BCUT2D eigenvalue weighted by molar-refractivity contribution is 7.16. The number of nitrogens with one attached hydrogen (secondary N) is 1. The van der Waals surface area contributed by atoms with Crippen molar-refractivity contribution in [3.63, 3.8) is 0 Å². The molecule has 1 saturated heterocycles. The smallest absolute Gasteiger partial charge is 0.0931 e. The Balaban J connectivity index is 1.89. The maximum absolute atomic E-state index is 5.94. The van der Waals surface area contributed by atoms with E-state index < -0.39 is 0 Å². The third-order valence-corrected chi connectivity index (χ3v) is 4.41. The predicted molar refractivity (Wildman–Crippen MR) is 69.3 cm³/mol. The fraction of sp³-hybridized carbons (Fsp3) is 0.667. The van der Waals surface area contributed by atoms with Crippen LogP contribution in [0.4, 0.5) is 0 Å². The van der Waals surface area contributed by atoms with Gasteiger partial charge in [-0.05, 0) is 38.8 Å². The Morgan fingerprint density at radius 3 is 3.00 bits per heavy atom. The van der Waals surface area contributed by atoms with E-state index in [9.17, 15) is 0 Å². The second-order valence-corrected chi connectivity index (χ2v) is 6.18. The molecule has 0 amide bonds. The molecule has 1 aromatic rings. The highest BCUT2D eigenvalue weighted by Crippen LogP contribution is 2.27.